The van der Waals surface area contributed by atoms with E-state index >= 15 is 0 Å². The third-order valence-electron chi connectivity index (χ3n) is 1.93. The van der Waals surface area contributed by atoms with Crippen molar-refractivity contribution in [3.63, 3.8) is 0 Å². The fraction of sp³-hybridized carbons (Fsp3) is 0. The van der Waals surface area contributed by atoms with Crippen LogP contribution in [0.2, 0.25) is 0 Å². The van der Waals surface area contributed by atoms with Crippen LogP contribution in [0.5, 0.6) is 0 Å². The third kappa shape index (κ3) is 0.580. The van der Waals surface area contributed by atoms with Gasteiger partial charge in [-0.2, -0.15) is 0 Å². The van der Waals surface area contributed by atoms with E-state index in [1.54, 1.807) is 6.26 Å². The lowest BCUT2D eigenvalue weighted by molar-refractivity contribution is 0.603. The highest BCUT2D eigenvalue weighted by atomic mass is 16.3. The Balaban J connectivity index is 2.71. The molecule has 0 aliphatic rings. The number of hydrogen-bond donors (Lipinski definition) is 0. The number of furan rings is 1. The van der Waals surface area contributed by atoms with E-state index in [4.69, 9.17) is 8.83 Å². The molecule has 0 aliphatic carbocycles. The second-order valence-corrected chi connectivity index (χ2v) is 2.60. The Morgan fingerprint density at radius 3 is 3.08 bits per heavy atom. The van der Waals surface area contributed by atoms with E-state index in [1.807, 2.05) is 18.2 Å². The molecule has 3 rings (SSSR count). The lowest BCUT2D eigenvalue weighted by Gasteiger charge is -1.86. The van der Waals surface area contributed by atoms with Crippen molar-refractivity contribution in [2.24, 2.45) is 0 Å². The van der Waals surface area contributed by atoms with E-state index < -0.39 is 0 Å². The molecule has 58 valence electrons. The molecule has 0 fully saturated rings. The number of hydrogen-bond acceptors (Lipinski definition) is 3. The summed E-state index contributed by atoms with van der Waals surface area (Å²) in [6.07, 6.45) is 3.09. The van der Waals surface area contributed by atoms with Gasteiger partial charge in [0, 0.05) is 0 Å². The molecule has 0 N–H and O–H groups in total. The maximum atomic E-state index is 5.22. The van der Waals surface area contributed by atoms with Crippen molar-refractivity contribution in [1.29, 1.82) is 0 Å². The Labute approximate surface area is 67.6 Å². The van der Waals surface area contributed by atoms with E-state index in [-0.39, 0.29) is 0 Å². The Morgan fingerprint density at radius 2 is 2.08 bits per heavy atom. The van der Waals surface area contributed by atoms with Crippen LogP contribution in [0, 0.1) is 0 Å². The standard InChI is InChI=1S/C9H5NO2/c1-2-8-6(3-4-11-8)9-7(1)10-5-12-9/h1-5H. The summed E-state index contributed by atoms with van der Waals surface area (Å²) in [4.78, 5) is 4.04. The second kappa shape index (κ2) is 1.88. The van der Waals surface area contributed by atoms with Crippen molar-refractivity contribution in [3.05, 3.63) is 30.9 Å². The first kappa shape index (κ1) is 5.83. The highest BCUT2D eigenvalue weighted by Gasteiger charge is 2.05. The summed E-state index contributed by atoms with van der Waals surface area (Å²) in [5.74, 6) is 0. The van der Waals surface area contributed by atoms with Gasteiger partial charge in [0.05, 0.1) is 11.6 Å². The molecule has 3 aromatic rings. The van der Waals surface area contributed by atoms with Crippen molar-refractivity contribution in [3.8, 4) is 0 Å². The van der Waals surface area contributed by atoms with Crippen molar-refractivity contribution in [2.75, 3.05) is 0 Å². The number of rotatable bonds is 0. The predicted molar refractivity (Wildman–Crippen MR) is 43.8 cm³/mol. The molecule has 3 nitrogen and oxygen atoms in total. The highest BCUT2D eigenvalue weighted by Crippen LogP contribution is 2.24. The van der Waals surface area contributed by atoms with Crippen LogP contribution in [0.1, 0.15) is 0 Å². The maximum absolute atomic E-state index is 5.22. The first-order valence-electron chi connectivity index (χ1n) is 3.64. The molecule has 0 aliphatic heterocycles. The molecule has 0 radical (unpaired) electrons. The molecule has 0 bridgehead atoms. The zero-order valence-electron chi connectivity index (χ0n) is 6.15. The third-order valence-corrected chi connectivity index (χ3v) is 1.93. The largest absolute Gasteiger partial charge is 0.464 e. The van der Waals surface area contributed by atoms with Gasteiger partial charge in [0.15, 0.2) is 12.0 Å². The highest BCUT2D eigenvalue weighted by molar-refractivity contribution is 6.00. The van der Waals surface area contributed by atoms with Crippen molar-refractivity contribution >= 4 is 22.1 Å². The van der Waals surface area contributed by atoms with E-state index in [0.717, 1.165) is 22.1 Å². The van der Waals surface area contributed by atoms with Crippen LogP contribution in [0.4, 0.5) is 0 Å². The molecule has 0 spiro atoms. The number of aromatic nitrogens is 1. The number of nitrogens with zero attached hydrogens (tertiary/aromatic N) is 1. The fourth-order valence-electron chi connectivity index (χ4n) is 1.37. The quantitative estimate of drug-likeness (QED) is 0.506. The minimum Gasteiger partial charge on any atom is -0.464 e. The van der Waals surface area contributed by atoms with Crippen LogP contribution in [-0.4, -0.2) is 4.98 Å². The van der Waals surface area contributed by atoms with Gasteiger partial charge in [-0.05, 0) is 18.2 Å². The van der Waals surface area contributed by atoms with Gasteiger partial charge in [0.25, 0.3) is 0 Å². The smallest absolute Gasteiger partial charge is 0.182 e. The first-order chi connectivity index (χ1) is 5.95. The summed E-state index contributed by atoms with van der Waals surface area (Å²) in [6.45, 7) is 0. The van der Waals surface area contributed by atoms with Gasteiger partial charge in [-0.3, -0.25) is 0 Å². The van der Waals surface area contributed by atoms with Gasteiger partial charge < -0.3 is 8.83 Å². The van der Waals surface area contributed by atoms with Gasteiger partial charge in [0.1, 0.15) is 11.1 Å². The van der Waals surface area contributed by atoms with Crippen molar-refractivity contribution < 1.29 is 8.83 Å². The fourth-order valence-corrected chi connectivity index (χ4v) is 1.37. The van der Waals surface area contributed by atoms with Crippen LogP contribution >= 0.6 is 0 Å². The van der Waals surface area contributed by atoms with Crippen molar-refractivity contribution in [1.82, 2.24) is 4.98 Å². The summed E-state index contributed by atoms with van der Waals surface area (Å²) in [5, 5.41) is 0.977. The summed E-state index contributed by atoms with van der Waals surface area (Å²) in [7, 11) is 0. The Hall–Kier alpha value is -1.77. The van der Waals surface area contributed by atoms with Gasteiger partial charge in [-0.1, -0.05) is 0 Å². The molecule has 0 saturated carbocycles. The predicted octanol–water partition coefficient (Wildman–Crippen LogP) is 2.57. The first-order valence-corrected chi connectivity index (χ1v) is 3.64. The number of fused-ring (bicyclic) bond motifs is 3. The Morgan fingerprint density at radius 1 is 1.08 bits per heavy atom. The van der Waals surface area contributed by atoms with Crippen LogP contribution < -0.4 is 0 Å². The molecule has 0 saturated heterocycles. The molecule has 0 atom stereocenters. The topological polar surface area (TPSA) is 39.2 Å². The molecule has 1 aromatic carbocycles. The number of oxazole rings is 1. The van der Waals surface area contributed by atoms with Gasteiger partial charge in [-0.15, -0.1) is 0 Å². The SMILES string of the molecule is c1cc2c(ccc3ncoc32)o1. The minimum absolute atomic E-state index is 0.793. The summed E-state index contributed by atoms with van der Waals surface area (Å²) in [6, 6.07) is 5.65. The Bertz CT molecular complexity index is 486. The van der Waals surface area contributed by atoms with Crippen LogP contribution in [0.15, 0.2) is 39.7 Å². The summed E-state index contributed by atoms with van der Waals surface area (Å²) >= 11 is 0. The van der Waals surface area contributed by atoms with Gasteiger partial charge >= 0.3 is 0 Å². The molecule has 2 aromatic heterocycles. The molecule has 3 heteroatoms. The molecular weight excluding hydrogens is 154 g/mol. The average Bonchev–Trinajstić information content (AvgIpc) is 2.71. The van der Waals surface area contributed by atoms with E-state index in [0.29, 0.717) is 0 Å². The van der Waals surface area contributed by atoms with Crippen LogP contribution in [0.3, 0.4) is 0 Å². The van der Waals surface area contributed by atoms with E-state index in [9.17, 15) is 0 Å². The summed E-state index contributed by atoms with van der Waals surface area (Å²) < 4.78 is 10.4. The van der Waals surface area contributed by atoms with Gasteiger partial charge in [0.2, 0.25) is 0 Å². The average molecular weight is 159 g/mol. The minimum atomic E-state index is 0.793. The molecule has 0 amide bonds. The second-order valence-electron chi connectivity index (χ2n) is 2.60. The monoisotopic (exact) mass is 159 g/mol. The zero-order chi connectivity index (χ0) is 7.97. The molecule has 12 heavy (non-hydrogen) atoms. The van der Waals surface area contributed by atoms with Crippen molar-refractivity contribution in [2.45, 2.75) is 0 Å². The lowest BCUT2D eigenvalue weighted by Crippen LogP contribution is -1.67. The normalized spacial score (nSPS) is 11.3. The molecule has 2 heterocycles. The lowest BCUT2D eigenvalue weighted by atomic mass is 10.2. The van der Waals surface area contributed by atoms with Crippen LogP contribution in [-0.2, 0) is 0 Å². The van der Waals surface area contributed by atoms with Gasteiger partial charge in [-0.25, -0.2) is 4.98 Å². The summed E-state index contributed by atoms with van der Waals surface area (Å²) in [5.41, 5.74) is 2.49. The van der Waals surface area contributed by atoms with E-state index in [2.05, 4.69) is 4.98 Å². The number of benzene rings is 1. The van der Waals surface area contributed by atoms with Crippen LogP contribution in [0.25, 0.3) is 22.1 Å². The molecule has 0 unspecified atom stereocenters. The Kier molecular flexibility index (Phi) is 0.913. The zero-order valence-corrected chi connectivity index (χ0v) is 6.15. The molecular formula is C9H5NO2. The maximum Gasteiger partial charge on any atom is 0.182 e. The van der Waals surface area contributed by atoms with E-state index in [1.165, 1.54) is 6.39 Å².